The minimum Gasteiger partial charge on any atom is -0.477 e. The molecule has 1 aliphatic rings. The second-order valence-electron chi connectivity index (χ2n) is 3.48. The van der Waals surface area contributed by atoms with Gasteiger partial charge >= 0.3 is 0 Å². The maximum absolute atomic E-state index is 5.49. The second kappa shape index (κ2) is 3.92. The first-order chi connectivity index (χ1) is 6.75. The van der Waals surface area contributed by atoms with Crippen LogP contribution in [0, 0.1) is 5.92 Å². The highest BCUT2D eigenvalue weighted by atomic mass is 32.1. The number of nitrogens with zero attached hydrogens (tertiary/aromatic N) is 1. The molecule has 0 aliphatic heterocycles. The minimum atomic E-state index is 0.307. The first kappa shape index (κ1) is 9.40. The number of rotatable bonds is 4. The average Bonchev–Trinajstić information content (AvgIpc) is 2.99. The van der Waals surface area contributed by atoms with Gasteiger partial charge in [-0.3, -0.25) is 0 Å². The normalized spacial score (nSPS) is 15.1. The zero-order valence-electron chi connectivity index (χ0n) is 7.77. The molecule has 0 bridgehead atoms. The van der Waals surface area contributed by atoms with Crippen LogP contribution in [0.15, 0.2) is 18.2 Å². The number of nitrogens with two attached hydrogens (primary N) is 1. The quantitative estimate of drug-likeness (QED) is 0.762. The summed E-state index contributed by atoms with van der Waals surface area (Å²) in [7, 11) is 0. The zero-order chi connectivity index (χ0) is 9.97. The number of hydrogen-bond acceptors (Lipinski definition) is 3. The predicted molar refractivity (Wildman–Crippen MR) is 58.3 cm³/mol. The molecule has 1 aliphatic carbocycles. The van der Waals surface area contributed by atoms with Gasteiger partial charge in [0.05, 0.1) is 6.61 Å². The lowest BCUT2D eigenvalue weighted by atomic mass is 10.3. The van der Waals surface area contributed by atoms with Crippen LogP contribution < -0.4 is 10.5 Å². The molecule has 0 atom stereocenters. The highest BCUT2D eigenvalue weighted by Gasteiger charge is 2.22. The van der Waals surface area contributed by atoms with E-state index < -0.39 is 0 Å². The Morgan fingerprint density at radius 3 is 3.00 bits per heavy atom. The van der Waals surface area contributed by atoms with Gasteiger partial charge in [0.2, 0.25) is 5.88 Å². The lowest BCUT2D eigenvalue weighted by Crippen LogP contribution is -2.12. The molecular formula is C10H12N2OS. The molecule has 0 aromatic carbocycles. The van der Waals surface area contributed by atoms with E-state index in [9.17, 15) is 0 Å². The summed E-state index contributed by atoms with van der Waals surface area (Å²) in [6, 6.07) is 5.46. The van der Waals surface area contributed by atoms with Crippen LogP contribution in [0.25, 0.3) is 0 Å². The molecule has 1 fully saturated rings. The zero-order valence-corrected chi connectivity index (χ0v) is 8.59. The molecular weight excluding hydrogens is 196 g/mol. The Kier molecular flexibility index (Phi) is 2.63. The van der Waals surface area contributed by atoms with E-state index in [1.807, 2.05) is 12.1 Å². The Hall–Kier alpha value is -1.16. The van der Waals surface area contributed by atoms with E-state index in [-0.39, 0.29) is 0 Å². The van der Waals surface area contributed by atoms with Crippen LogP contribution in [0.3, 0.4) is 0 Å². The molecule has 1 aromatic rings. The molecule has 14 heavy (non-hydrogen) atoms. The van der Waals surface area contributed by atoms with Crippen molar-refractivity contribution < 1.29 is 4.74 Å². The number of ether oxygens (including phenoxy) is 1. The Bertz CT molecular complexity index is 350. The van der Waals surface area contributed by atoms with E-state index in [1.54, 1.807) is 6.07 Å². The molecule has 2 rings (SSSR count). The summed E-state index contributed by atoms with van der Waals surface area (Å²) in [6.45, 7) is 0.758. The van der Waals surface area contributed by atoms with Gasteiger partial charge in [-0.05, 0) is 24.8 Å². The molecule has 1 heterocycles. The maximum Gasteiger partial charge on any atom is 0.213 e. The molecule has 1 saturated carbocycles. The third-order valence-electron chi connectivity index (χ3n) is 2.14. The molecule has 2 N–H and O–H groups in total. The summed E-state index contributed by atoms with van der Waals surface area (Å²) < 4.78 is 5.49. The number of aromatic nitrogens is 1. The lowest BCUT2D eigenvalue weighted by molar-refractivity contribution is 0.288. The molecule has 0 radical (unpaired) electrons. The molecule has 0 saturated heterocycles. The fourth-order valence-electron chi connectivity index (χ4n) is 1.12. The minimum absolute atomic E-state index is 0.307. The molecule has 3 nitrogen and oxygen atoms in total. The van der Waals surface area contributed by atoms with E-state index in [0.717, 1.165) is 12.5 Å². The van der Waals surface area contributed by atoms with Crippen molar-refractivity contribution in [1.29, 1.82) is 0 Å². The van der Waals surface area contributed by atoms with Crippen molar-refractivity contribution in [2.24, 2.45) is 11.7 Å². The van der Waals surface area contributed by atoms with Gasteiger partial charge in [-0.2, -0.15) is 0 Å². The summed E-state index contributed by atoms with van der Waals surface area (Å²) in [4.78, 5) is 4.49. The van der Waals surface area contributed by atoms with Crippen molar-refractivity contribution >= 4 is 17.2 Å². The van der Waals surface area contributed by atoms with Crippen LogP contribution in [0.2, 0.25) is 0 Å². The highest BCUT2D eigenvalue weighted by Crippen LogP contribution is 2.29. The van der Waals surface area contributed by atoms with Crippen molar-refractivity contribution in [3.63, 3.8) is 0 Å². The SMILES string of the molecule is NC(=S)c1cccc(OCC2CC2)n1. The molecule has 0 spiro atoms. The monoisotopic (exact) mass is 208 g/mol. The predicted octanol–water partition coefficient (Wildman–Crippen LogP) is 1.50. The summed E-state index contributed by atoms with van der Waals surface area (Å²) >= 11 is 4.83. The van der Waals surface area contributed by atoms with Gasteiger partial charge in [0.15, 0.2) is 0 Å². The van der Waals surface area contributed by atoms with Gasteiger partial charge in [0.25, 0.3) is 0 Å². The number of thiocarbonyl (C=S) groups is 1. The van der Waals surface area contributed by atoms with E-state index in [1.165, 1.54) is 12.8 Å². The molecule has 4 heteroatoms. The average molecular weight is 208 g/mol. The van der Waals surface area contributed by atoms with Gasteiger partial charge in [-0.15, -0.1) is 0 Å². The summed E-state index contributed by atoms with van der Waals surface area (Å²) in [6.07, 6.45) is 2.55. The van der Waals surface area contributed by atoms with Crippen LogP contribution in [-0.2, 0) is 0 Å². The van der Waals surface area contributed by atoms with E-state index in [2.05, 4.69) is 4.98 Å². The maximum atomic E-state index is 5.49. The third kappa shape index (κ3) is 2.42. The van der Waals surface area contributed by atoms with Gasteiger partial charge in [0.1, 0.15) is 10.7 Å². The van der Waals surface area contributed by atoms with E-state index in [0.29, 0.717) is 16.6 Å². The fourth-order valence-corrected chi connectivity index (χ4v) is 1.23. The van der Waals surface area contributed by atoms with Crippen molar-refractivity contribution in [3.05, 3.63) is 23.9 Å². The summed E-state index contributed by atoms with van der Waals surface area (Å²) in [5.74, 6) is 1.34. The summed E-state index contributed by atoms with van der Waals surface area (Å²) in [5, 5.41) is 0. The summed E-state index contributed by atoms with van der Waals surface area (Å²) in [5.41, 5.74) is 6.08. The van der Waals surface area contributed by atoms with Crippen LogP contribution in [0.4, 0.5) is 0 Å². The topological polar surface area (TPSA) is 48.1 Å². The van der Waals surface area contributed by atoms with Crippen molar-refractivity contribution in [1.82, 2.24) is 4.98 Å². The number of pyridine rings is 1. The van der Waals surface area contributed by atoms with Crippen LogP contribution >= 0.6 is 12.2 Å². The fraction of sp³-hybridized carbons (Fsp3) is 0.400. The highest BCUT2D eigenvalue weighted by molar-refractivity contribution is 7.80. The molecule has 1 aromatic heterocycles. The van der Waals surface area contributed by atoms with Gasteiger partial charge in [-0.1, -0.05) is 18.3 Å². The van der Waals surface area contributed by atoms with Crippen molar-refractivity contribution in [3.8, 4) is 5.88 Å². The largest absolute Gasteiger partial charge is 0.477 e. The molecule has 0 amide bonds. The molecule has 0 unspecified atom stereocenters. The van der Waals surface area contributed by atoms with Gasteiger partial charge in [0, 0.05) is 6.07 Å². The third-order valence-corrected chi connectivity index (χ3v) is 2.35. The molecule has 74 valence electrons. The Labute approximate surface area is 88.3 Å². The second-order valence-corrected chi connectivity index (χ2v) is 3.92. The Balaban J connectivity index is 2.01. The smallest absolute Gasteiger partial charge is 0.213 e. The van der Waals surface area contributed by atoms with Crippen LogP contribution in [0.1, 0.15) is 18.5 Å². The van der Waals surface area contributed by atoms with Gasteiger partial charge in [-0.25, -0.2) is 4.98 Å². The van der Waals surface area contributed by atoms with Crippen LogP contribution in [-0.4, -0.2) is 16.6 Å². The number of hydrogen-bond donors (Lipinski definition) is 1. The lowest BCUT2D eigenvalue weighted by Gasteiger charge is -2.04. The van der Waals surface area contributed by atoms with E-state index in [4.69, 9.17) is 22.7 Å². The Morgan fingerprint density at radius 2 is 2.36 bits per heavy atom. The first-order valence-electron chi connectivity index (χ1n) is 4.65. The van der Waals surface area contributed by atoms with E-state index >= 15 is 0 Å². The van der Waals surface area contributed by atoms with Gasteiger partial charge < -0.3 is 10.5 Å². The first-order valence-corrected chi connectivity index (χ1v) is 5.06. The van der Waals surface area contributed by atoms with Crippen molar-refractivity contribution in [2.45, 2.75) is 12.8 Å². The van der Waals surface area contributed by atoms with Crippen LogP contribution in [0.5, 0.6) is 5.88 Å². The van der Waals surface area contributed by atoms with Crippen molar-refractivity contribution in [2.75, 3.05) is 6.61 Å². The standard InChI is InChI=1S/C10H12N2OS/c11-10(14)8-2-1-3-9(12-8)13-6-7-4-5-7/h1-3,7H,4-6H2,(H2,11,14). The Morgan fingerprint density at radius 1 is 1.57 bits per heavy atom.